The van der Waals surface area contributed by atoms with Crippen LogP contribution in [0.3, 0.4) is 0 Å². The first-order chi connectivity index (χ1) is 10.4. The number of nitrogens with zero attached hydrogens (tertiary/aromatic N) is 1. The summed E-state index contributed by atoms with van der Waals surface area (Å²) >= 11 is 0. The smallest absolute Gasteiger partial charge is 0.330 e. The minimum Gasteiger partial charge on any atom is -0.497 e. The first-order valence-corrected chi connectivity index (χ1v) is 7.18. The lowest BCUT2D eigenvalue weighted by Crippen LogP contribution is -2.36. The summed E-state index contributed by atoms with van der Waals surface area (Å²) in [5, 5.41) is 3.13. The summed E-state index contributed by atoms with van der Waals surface area (Å²) in [7, 11) is 1.61. The van der Waals surface area contributed by atoms with Gasteiger partial charge < -0.3 is 10.1 Å². The third-order valence-corrected chi connectivity index (χ3v) is 3.45. The van der Waals surface area contributed by atoms with Gasteiger partial charge in [-0.1, -0.05) is 12.1 Å². The number of aromatic nitrogens is 2. The predicted octanol–water partition coefficient (Wildman–Crippen LogP) is 2.30. The SMILES string of the molecule is COc1cccc(C(C)Nc2cc(=O)n(C(C)C)c(=O)[nH]2)c1. The number of rotatable bonds is 5. The van der Waals surface area contributed by atoms with Crippen molar-refractivity contribution in [2.24, 2.45) is 0 Å². The van der Waals surface area contributed by atoms with Crippen molar-refractivity contribution in [2.45, 2.75) is 32.9 Å². The molecule has 0 bridgehead atoms. The lowest BCUT2D eigenvalue weighted by molar-refractivity contribution is 0.414. The van der Waals surface area contributed by atoms with Gasteiger partial charge in [0.1, 0.15) is 11.6 Å². The predicted molar refractivity (Wildman–Crippen MR) is 86.7 cm³/mol. The monoisotopic (exact) mass is 303 g/mol. The maximum Gasteiger partial charge on any atom is 0.330 e. The number of anilines is 1. The molecule has 6 nitrogen and oxygen atoms in total. The van der Waals surface area contributed by atoms with Gasteiger partial charge in [-0.2, -0.15) is 0 Å². The van der Waals surface area contributed by atoms with Crippen LogP contribution in [0.1, 0.15) is 38.4 Å². The molecule has 6 heteroatoms. The van der Waals surface area contributed by atoms with Gasteiger partial charge in [-0.25, -0.2) is 4.79 Å². The molecule has 0 fully saturated rings. The molecule has 0 spiro atoms. The maximum atomic E-state index is 12.0. The van der Waals surface area contributed by atoms with Gasteiger partial charge in [0.05, 0.1) is 13.2 Å². The summed E-state index contributed by atoms with van der Waals surface area (Å²) in [6, 6.07) is 8.76. The molecule has 1 unspecified atom stereocenters. The maximum absolute atomic E-state index is 12.0. The Labute approximate surface area is 128 Å². The van der Waals surface area contributed by atoms with E-state index >= 15 is 0 Å². The molecule has 1 atom stereocenters. The highest BCUT2D eigenvalue weighted by atomic mass is 16.5. The van der Waals surface area contributed by atoms with Gasteiger partial charge in [0.2, 0.25) is 0 Å². The van der Waals surface area contributed by atoms with Crippen molar-refractivity contribution >= 4 is 5.82 Å². The molecule has 0 aliphatic rings. The van der Waals surface area contributed by atoms with Gasteiger partial charge in [-0.3, -0.25) is 14.3 Å². The number of hydrogen-bond acceptors (Lipinski definition) is 4. The second-order valence-electron chi connectivity index (χ2n) is 5.43. The number of benzene rings is 1. The molecule has 0 saturated heterocycles. The van der Waals surface area contributed by atoms with Gasteiger partial charge in [-0.05, 0) is 38.5 Å². The van der Waals surface area contributed by atoms with E-state index in [0.717, 1.165) is 11.3 Å². The highest BCUT2D eigenvalue weighted by Crippen LogP contribution is 2.21. The van der Waals surface area contributed by atoms with E-state index in [1.165, 1.54) is 10.6 Å². The zero-order valence-electron chi connectivity index (χ0n) is 13.2. The summed E-state index contributed by atoms with van der Waals surface area (Å²) in [4.78, 5) is 26.7. The molecule has 1 heterocycles. The van der Waals surface area contributed by atoms with Gasteiger partial charge in [-0.15, -0.1) is 0 Å². The van der Waals surface area contributed by atoms with Crippen molar-refractivity contribution in [1.29, 1.82) is 0 Å². The van der Waals surface area contributed by atoms with Crippen molar-refractivity contribution in [1.82, 2.24) is 9.55 Å². The van der Waals surface area contributed by atoms with E-state index in [1.54, 1.807) is 21.0 Å². The third kappa shape index (κ3) is 3.39. The van der Waals surface area contributed by atoms with Crippen LogP contribution in [0, 0.1) is 0 Å². The van der Waals surface area contributed by atoms with Crippen LogP contribution in [0.2, 0.25) is 0 Å². The quantitative estimate of drug-likeness (QED) is 0.888. The Balaban J connectivity index is 2.27. The van der Waals surface area contributed by atoms with Crippen LogP contribution in [-0.4, -0.2) is 16.7 Å². The van der Waals surface area contributed by atoms with E-state index in [4.69, 9.17) is 4.74 Å². The van der Waals surface area contributed by atoms with Gasteiger partial charge in [0, 0.05) is 12.1 Å². The van der Waals surface area contributed by atoms with E-state index < -0.39 is 5.69 Å². The molecular weight excluding hydrogens is 282 g/mol. The van der Waals surface area contributed by atoms with Crippen molar-refractivity contribution in [3.05, 3.63) is 56.7 Å². The number of aromatic amines is 1. The standard InChI is InChI=1S/C16H21N3O3/c1-10(2)19-15(20)9-14(18-16(19)21)17-11(3)12-6-5-7-13(8-12)22-4/h5-11,17H,1-4H3,(H,18,21). The molecule has 0 aliphatic heterocycles. The fourth-order valence-electron chi connectivity index (χ4n) is 2.30. The molecule has 2 aromatic rings. The number of H-pyrrole nitrogens is 1. The van der Waals surface area contributed by atoms with E-state index in [-0.39, 0.29) is 17.6 Å². The normalized spacial score (nSPS) is 12.2. The van der Waals surface area contributed by atoms with E-state index in [2.05, 4.69) is 10.3 Å². The lowest BCUT2D eigenvalue weighted by atomic mass is 10.1. The number of methoxy groups -OCH3 is 1. The van der Waals surface area contributed by atoms with E-state index in [1.807, 2.05) is 31.2 Å². The zero-order chi connectivity index (χ0) is 16.3. The topological polar surface area (TPSA) is 76.1 Å². The Hall–Kier alpha value is -2.50. The number of nitrogens with one attached hydrogen (secondary N) is 2. The van der Waals surface area contributed by atoms with Crippen molar-refractivity contribution in [2.75, 3.05) is 12.4 Å². The van der Waals surface area contributed by atoms with Crippen LogP contribution < -0.4 is 21.3 Å². The van der Waals surface area contributed by atoms with Crippen LogP contribution >= 0.6 is 0 Å². The molecular formula is C16H21N3O3. The van der Waals surface area contributed by atoms with E-state index in [9.17, 15) is 9.59 Å². The third-order valence-electron chi connectivity index (χ3n) is 3.45. The Bertz CT molecular complexity index is 730. The highest BCUT2D eigenvalue weighted by molar-refractivity contribution is 5.39. The number of ether oxygens (including phenoxy) is 1. The van der Waals surface area contributed by atoms with Crippen LogP contribution in [0.25, 0.3) is 0 Å². The Morgan fingerprint density at radius 2 is 1.91 bits per heavy atom. The van der Waals surface area contributed by atoms with Gasteiger partial charge >= 0.3 is 5.69 Å². The van der Waals surface area contributed by atoms with Gasteiger partial charge in [0.25, 0.3) is 5.56 Å². The second kappa shape index (κ2) is 6.51. The van der Waals surface area contributed by atoms with Crippen LogP contribution in [0.4, 0.5) is 5.82 Å². The minimum atomic E-state index is -0.414. The van der Waals surface area contributed by atoms with Crippen LogP contribution in [0.5, 0.6) is 5.75 Å². The molecule has 0 aliphatic carbocycles. The Kier molecular flexibility index (Phi) is 4.70. The Morgan fingerprint density at radius 1 is 1.18 bits per heavy atom. The fourth-order valence-corrected chi connectivity index (χ4v) is 2.30. The van der Waals surface area contributed by atoms with Crippen LogP contribution in [0.15, 0.2) is 39.9 Å². The summed E-state index contributed by atoms with van der Waals surface area (Å²) in [6.07, 6.45) is 0. The van der Waals surface area contributed by atoms with Crippen molar-refractivity contribution in [3.63, 3.8) is 0 Å². The molecule has 0 saturated carbocycles. The molecule has 2 rings (SSSR count). The van der Waals surface area contributed by atoms with Crippen molar-refractivity contribution < 1.29 is 4.74 Å². The fraction of sp³-hybridized carbons (Fsp3) is 0.375. The molecule has 1 aromatic heterocycles. The summed E-state index contributed by atoms with van der Waals surface area (Å²) in [6.45, 7) is 5.53. The molecule has 1 aromatic carbocycles. The molecule has 0 radical (unpaired) electrons. The molecule has 2 N–H and O–H groups in total. The largest absolute Gasteiger partial charge is 0.497 e. The van der Waals surface area contributed by atoms with Crippen LogP contribution in [-0.2, 0) is 0 Å². The minimum absolute atomic E-state index is 0.0833. The summed E-state index contributed by atoms with van der Waals surface area (Å²) in [5.41, 5.74) is 0.259. The molecule has 22 heavy (non-hydrogen) atoms. The first-order valence-electron chi connectivity index (χ1n) is 7.18. The van der Waals surface area contributed by atoms with Crippen molar-refractivity contribution in [3.8, 4) is 5.75 Å². The number of hydrogen-bond donors (Lipinski definition) is 2. The second-order valence-corrected chi connectivity index (χ2v) is 5.43. The molecule has 118 valence electrons. The average Bonchev–Trinajstić information content (AvgIpc) is 2.46. The van der Waals surface area contributed by atoms with Gasteiger partial charge in [0.15, 0.2) is 0 Å². The lowest BCUT2D eigenvalue weighted by Gasteiger charge is -2.17. The summed E-state index contributed by atoms with van der Waals surface area (Å²) < 4.78 is 6.38. The molecule has 0 amide bonds. The highest BCUT2D eigenvalue weighted by Gasteiger charge is 2.11. The Morgan fingerprint density at radius 3 is 2.50 bits per heavy atom. The van der Waals surface area contributed by atoms with E-state index in [0.29, 0.717) is 5.82 Å². The zero-order valence-corrected chi connectivity index (χ0v) is 13.2. The average molecular weight is 303 g/mol. The first kappa shape index (κ1) is 15.9. The summed E-state index contributed by atoms with van der Waals surface area (Å²) in [5.74, 6) is 1.16.